The minimum Gasteiger partial charge on any atom is -0.148 e. The molecule has 0 saturated heterocycles. The van der Waals surface area contributed by atoms with Crippen LogP contribution in [0, 0.1) is 6.92 Å². The van der Waals surface area contributed by atoms with Crippen LogP contribution in [-0.4, -0.2) is 0 Å². The second kappa shape index (κ2) is 4.28. The molecule has 2 heteroatoms. The van der Waals surface area contributed by atoms with Crippen molar-refractivity contribution in [1.29, 1.82) is 0 Å². The van der Waals surface area contributed by atoms with Crippen molar-refractivity contribution in [2.24, 2.45) is 0 Å². The molecule has 1 heterocycles. The van der Waals surface area contributed by atoms with Gasteiger partial charge in [-0.25, -0.2) is 0 Å². The summed E-state index contributed by atoms with van der Waals surface area (Å²) in [5.74, 6) is 0. The number of benzene rings is 1. The molecule has 0 amide bonds. The van der Waals surface area contributed by atoms with E-state index in [0.717, 1.165) is 10.9 Å². The largest absolute Gasteiger partial charge is 0.148 e. The summed E-state index contributed by atoms with van der Waals surface area (Å²) in [5.41, 5.74) is 2.76. The molecule has 0 aliphatic rings. The van der Waals surface area contributed by atoms with E-state index in [4.69, 9.17) is 0 Å². The molecule has 0 atom stereocenters. The van der Waals surface area contributed by atoms with Crippen LogP contribution in [0.2, 0.25) is 0 Å². The van der Waals surface area contributed by atoms with Gasteiger partial charge in [0, 0.05) is 15.8 Å². The minimum atomic E-state index is 1.04. The number of rotatable bonds is 2. The maximum absolute atomic E-state index is 3.49. The Labute approximate surface area is 96.7 Å². The summed E-state index contributed by atoms with van der Waals surface area (Å²) in [6.07, 6.45) is 1.04. The van der Waals surface area contributed by atoms with Crippen LogP contribution in [0.5, 0.6) is 0 Å². The zero-order valence-electron chi connectivity index (χ0n) is 7.96. The second-order valence-electron chi connectivity index (χ2n) is 3.33. The molecule has 0 nitrogen and oxygen atoms in total. The Kier molecular flexibility index (Phi) is 3.04. The maximum atomic E-state index is 3.49. The van der Waals surface area contributed by atoms with Gasteiger partial charge in [-0.2, -0.15) is 0 Å². The predicted molar refractivity (Wildman–Crippen MR) is 66.0 cm³/mol. The molecule has 0 radical (unpaired) electrons. The molecule has 0 N–H and O–H groups in total. The molecule has 1 aromatic heterocycles. The standard InChI is InChI=1S/C12H11BrS/c1-9-5-6-14-12(9)8-10-3-2-4-11(13)7-10/h2-7H,8H2,1H3. The number of aryl methyl sites for hydroxylation is 1. The van der Waals surface area contributed by atoms with Crippen molar-refractivity contribution in [2.45, 2.75) is 13.3 Å². The molecule has 0 aliphatic heterocycles. The number of hydrogen-bond acceptors (Lipinski definition) is 1. The summed E-state index contributed by atoms with van der Waals surface area (Å²) in [6.45, 7) is 2.17. The van der Waals surface area contributed by atoms with Crippen LogP contribution < -0.4 is 0 Å². The molecule has 0 fully saturated rings. The molecule has 0 unspecified atom stereocenters. The van der Waals surface area contributed by atoms with Crippen LogP contribution in [0.3, 0.4) is 0 Å². The maximum Gasteiger partial charge on any atom is 0.0178 e. The van der Waals surface area contributed by atoms with Crippen LogP contribution in [0.4, 0.5) is 0 Å². The van der Waals surface area contributed by atoms with Crippen molar-refractivity contribution in [3.8, 4) is 0 Å². The molecule has 0 spiro atoms. The third-order valence-electron chi connectivity index (χ3n) is 2.22. The van der Waals surface area contributed by atoms with E-state index in [9.17, 15) is 0 Å². The molecule has 72 valence electrons. The van der Waals surface area contributed by atoms with Gasteiger partial charge in [0.15, 0.2) is 0 Å². The van der Waals surface area contributed by atoms with E-state index in [1.54, 1.807) is 0 Å². The average molecular weight is 267 g/mol. The molecule has 2 aromatic rings. The summed E-state index contributed by atoms with van der Waals surface area (Å²) in [7, 11) is 0. The van der Waals surface area contributed by atoms with Crippen LogP contribution >= 0.6 is 27.3 Å². The Morgan fingerprint density at radius 2 is 2.14 bits per heavy atom. The summed E-state index contributed by atoms with van der Waals surface area (Å²) in [5, 5.41) is 2.16. The Morgan fingerprint density at radius 3 is 2.79 bits per heavy atom. The van der Waals surface area contributed by atoms with Gasteiger partial charge in [0.2, 0.25) is 0 Å². The summed E-state index contributed by atoms with van der Waals surface area (Å²) in [6, 6.07) is 10.7. The predicted octanol–water partition coefficient (Wildman–Crippen LogP) is 4.41. The Hall–Kier alpha value is -0.600. The Bertz CT molecular complexity index is 431. The van der Waals surface area contributed by atoms with Gasteiger partial charge in [-0.05, 0) is 41.6 Å². The van der Waals surface area contributed by atoms with Gasteiger partial charge in [0.05, 0.1) is 0 Å². The Balaban J connectivity index is 2.23. The number of hydrogen-bond donors (Lipinski definition) is 0. The van der Waals surface area contributed by atoms with Crippen molar-refractivity contribution < 1.29 is 0 Å². The van der Waals surface area contributed by atoms with Gasteiger partial charge in [-0.1, -0.05) is 28.1 Å². The van der Waals surface area contributed by atoms with Gasteiger partial charge in [-0.3, -0.25) is 0 Å². The summed E-state index contributed by atoms with van der Waals surface area (Å²) in [4.78, 5) is 1.46. The van der Waals surface area contributed by atoms with E-state index in [1.807, 2.05) is 11.3 Å². The molecular formula is C12H11BrS. The van der Waals surface area contributed by atoms with Gasteiger partial charge >= 0.3 is 0 Å². The van der Waals surface area contributed by atoms with Gasteiger partial charge in [-0.15, -0.1) is 11.3 Å². The fourth-order valence-electron chi connectivity index (χ4n) is 1.42. The van der Waals surface area contributed by atoms with E-state index in [2.05, 4.69) is 58.6 Å². The smallest absolute Gasteiger partial charge is 0.0178 e. The second-order valence-corrected chi connectivity index (χ2v) is 5.25. The highest BCUT2D eigenvalue weighted by atomic mass is 79.9. The lowest BCUT2D eigenvalue weighted by Gasteiger charge is -2.01. The lowest BCUT2D eigenvalue weighted by atomic mass is 10.1. The number of halogens is 1. The molecule has 2 rings (SSSR count). The minimum absolute atomic E-state index is 1.04. The van der Waals surface area contributed by atoms with E-state index in [-0.39, 0.29) is 0 Å². The lowest BCUT2D eigenvalue weighted by Crippen LogP contribution is -1.86. The highest BCUT2D eigenvalue weighted by Gasteiger charge is 2.01. The fraction of sp³-hybridized carbons (Fsp3) is 0.167. The van der Waals surface area contributed by atoms with Crippen LogP contribution in [0.1, 0.15) is 16.0 Å². The zero-order valence-corrected chi connectivity index (χ0v) is 10.4. The first kappa shape index (κ1) is 9.94. The lowest BCUT2D eigenvalue weighted by molar-refractivity contribution is 1.21. The van der Waals surface area contributed by atoms with Gasteiger partial charge in [0.1, 0.15) is 0 Å². The van der Waals surface area contributed by atoms with Crippen molar-refractivity contribution in [2.75, 3.05) is 0 Å². The third kappa shape index (κ3) is 2.25. The van der Waals surface area contributed by atoms with Crippen LogP contribution in [-0.2, 0) is 6.42 Å². The van der Waals surface area contributed by atoms with E-state index < -0.39 is 0 Å². The highest BCUT2D eigenvalue weighted by Crippen LogP contribution is 2.21. The Morgan fingerprint density at radius 1 is 1.29 bits per heavy atom. The van der Waals surface area contributed by atoms with Gasteiger partial charge < -0.3 is 0 Å². The van der Waals surface area contributed by atoms with E-state index >= 15 is 0 Å². The topological polar surface area (TPSA) is 0 Å². The molecule has 1 aromatic carbocycles. The van der Waals surface area contributed by atoms with Gasteiger partial charge in [0.25, 0.3) is 0 Å². The van der Waals surface area contributed by atoms with Crippen molar-refractivity contribution in [3.63, 3.8) is 0 Å². The first-order valence-corrected chi connectivity index (χ1v) is 6.20. The molecule has 0 aliphatic carbocycles. The molecular weight excluding hydrogens is 256 g/mol. The van der Waals surface area contributed by atoms with Crippen molar-refractivity contribution in [3.05, 3.63) is 56.2 Å². The summed E-state index contributed by atoms with van der Waals surface area (Å²) >= 11 is 5.32. The normalized spacial score (nSPS) is 10.4. The molecule has 0 bridgehead atoms. The van der Waals surface area contributed by atoms with E-state index in [0.29, 0.717) is 0 Å². The molecule has 14 heavy (non-hydrogen) atoms. The quantitative estimate of drug-likeness (QED) is 0.756. The molecule has 0 saturated carbocycles. The zero-order chi connectivity index (χ0) is 9.97. The fourth-order valence-corrected chi connectivity index (χ4v) is 2.80. The van der Waals surface area contributed by atoms with Crippen molar-refractivity contribution >= 4 is 27.3 Å². The van der Waals surface area contributed by atoms with E-state index in [1.165, 1.54) is 16.0 Å². The number of thiophene rings is 1. The van der Waals surface area contributed by atoms with Crippen LogP contribution in [0.15, 0.2) is 40.2 Å². The third-order valence-corrected chi connectivity index (χ3v) is 3.74. The summed E-state index contributed by atoms with van der Waals surface area (Å²) < 4.78 is 1.16. The average Bonchev–Trinajstić information content (AvgIpc) is 2.52. The first-order valence-electron chi connectivity index (χ1n) is 4.53. The van der Waals surface area contributed by atoms with Crippen LogP contribution in [0.25, 0.3) is 0 Å². The monoisotopic (exact) mass is 266 g/mol. The highest BCUT2D eigenvalue weighted by molar-refractivity contribution is 9.10. The van der Waals surface area contributed by atoms with Crippen molar-refractivity contribution in [1.82, 2.24) is 0 Å². The SMILES string of the molecule is Cc1ccsc1Cc1cccc(Br)c1. The first-order chi connectivity index (χ1) is 6.75.